The van der Waals surface area contributed by atoms with Gasteiger partial charge in [-0.25, -0.2) is 0 Å². The van der Waals surface area contributed by atoms with Crippen LogP contribution in [0, 0.1) is 5.92 Å². The normalized spacial score (nSPS) is 14.2. The van der Waals surface area contributed by atoms with Crippen LogP contribution in [0.25, 0.3) is 0 Å². The van der Waals surface area contributed by atoms with E-state index in [4.69, 9.17) is 16.3 Å². The van der Waals surface area contributed by atoms with Crippen LogP contribution in [0.4, 0.5) is 0 Å². The van der Waals surface area contributed by atoms with Gasteiger partial charge in [-0.05, 0) is 18.2 Å². The SMILES string of the molecule is COc1ccc(Cl)cc1CC(=O)NCC1CNC1.Cl. The van der Waals surface area contributed by atoms with Gasteiger partial charge in [0.1, 0.15) is 5.75 Å². The summed E-state index contributed by atoms with van der Waals surface area (Å²) < 4.78 is 5.21. The highest BCUT2D eigenvalue weighted by atomic mass is 35.5. The van der Waals surface area contributed by atoms with Crippen molar-refractivity contribution in [3.8, 4) is 5.75 Å². The van der Waals surface area contributed by atoms with Gasteiger partial charge in [0.2, 0.25) is 5.91 Å². The fourth-order valence-electron chi connectivity index (χ4n) is 1.87. The van der Waals surface area contributed by atoms with Crippen molar-refractivity contribution in [3.05, 3.63) is 28.8 Å². The minimum Gasteiger partial charge on any atom is -0.496 e. The number of methoxy groups -OCH3 is 1. The number of ether oxygens (including phenoxy) is 1. The third-order valence-electron chi connectivity index (χ3n) is 3.05. The number of carbonyl (C=O) groups excluding carboxylic acids is 1. The molecule has 1 fully saturated rings. The Morgan fingerprint density at radius 3 is 2.84 bits per heavy atom. The Kier molecular flexibility index (Phi) is 6.42. The molecule has 1 aliphatic rings. The quantitative estimate of drug-likeness (QED) is 0.870. The first kappa shape index (κ1) is 16.1. The summed E-state index contributed by atoms with van der Waals surface area (Å²) in [6.45, 7) is 2.70. The largest absolute Gasteiger partial charge is 0.496 e. The van der Waals surface area contributed by atoms with E-state index in [9.17, 15) is 4.79 Å². The molecule has 1 aromatic carbocycles. The number of hydrogen-bond donors (Lipinski definition) is 2. The summed E-state index contributed by atoms with van der Waals surface area (Å²) in [6.07, 6.45) is 0.296. The van der Waals surface area contributed by atoms with Crippen LogP contribution in [-0.2, 0) is 11.2 Å². The van der Waals surface area contributed by atoms with E-state index >= 15 is 0 Å². The minimum atomic E-state index is 0. The summed E-state index contributed by atoms with van der Waals surface area (Å²) in [7, 11) is 1.59. The average molecular weight is 305 g/mol. The van der Waals surface area contributed by atoms with Gasteiger partial charge in [0.15, 0.2) is 0 Å². The number of nitrogens with one attached hydrogen (secondary N) is 2. The van der Waals surface area contributed by atoms with E-state index in [0.29, 0.717) is 23.1 Å². The molecule has 0 aromatic heterocycles. The Labute approximate surface area is 124 Å². The van der Waals surface area contributed by atoms with Crippen LogP contribution in [0.15, 0.2) is 18.2 Å². The first-order valence-electron chi connectivity index (χ1n) is 5.99. The number of benzene rings is 1. The lowest BCUT2D eigenvalue weighted by molar-refractivity contribution is -0.120. The summed E-state index contributed by atoms with van der Waals surface area (Å²) >= 11 is 5.92. The molecule has 0 aliphatic carbocycles. The van der Waals surface area contributed by atoms with Crippen LogP contribution in [0.3, 0.4) is 0 Å². The van der Waals surface area contributed by atoms with E-state index in [2.05, 4.69) is 10.6 Å². The van der Waals surface area contributed by atoms with Crippen molar-refractivity contribution in [1.29, 1.82) is 0 Å². The van der Waals surface area contributed by atoms with Gasteiger partial charge in [-0.3, -0.25) is 4.79 Å². The molecule has 1 saturated heterocycles. The third kappa shape index (κ3) is 4.56. The molecule has 6 heteroatoms. The van der Waals surface area contributed by atoms with E-state index in [1.54, 1.807) is 25.3 Å². The molecule has 1 aromatic rings. The molecule has 1 heterocycles. The van der Waals surface area contributed by atoms with E-state index in [0.717, 1.165) is 25.2 Å². The molecule has 1 amide bonds. The Bertz CT molecular complexity index is 437. The lowest BCUT2D eigenvalue weighted by Crippen LogP contribution is -2.48. The van der Waals surface area contributed by atoms with Gasteiger partial charge in [-0.15, -0.1) is 12.4 Å². The van der Waals surface area contributed by atoms with Crippen LogP contribution in [0.2, 0.25) is 5.02 Å². The highest BCUT2D eigenvalue weighted by molar-refractivity contribution is 6.30. The molecule has 0 atom stereocenters. The summed E-state index contributed by atoms with van der Waals surface area (Å²) in [4.78, 5) is 11.8. The lowest BCUT2D eigenvalue weighted by Gasteiger charge is -2.27. The van der Waals surface area contributed by atoms with Gasteiger partial charge in [-0.2, -0.15) is 0 Å². The fourth-order valence-corrected chi connectivity index (χ4v) is 2.07. The Morgan fingerprint density at radius 1 is 1.53 bits per heavy atom. The fraction of sp³-hybridized carbons (Fsp3) is 0.462. The van der Waals surface area contributed by atoms with Crippen molar-refractivity contribution in [3.63, 3.8) is 0 Å². The zero-order valence-corrected chi connectivity index (χ0v) is 12.3. The summed E-state index contributed by atoms with van der Waals surface area (Å²) in [6, 6.07) is 5.30. The smallest absolute Gasteiger partial charge is 0.224 e. The van der Waals surface area contributed by atoms with Crippen LogP contribution in [0.5, 0.6) is 5.75 Å². The standard InChI is InChI=1S/C13H17ClN2O2.ClH/c1-18-12-3-2-11(14)4-10(12)5-13(17)16-8-9-6-15-7-9;/h2-4,9,15H,5-8H2,1H3,(H,16,17);1H. The van der Waals surface area contributed by atoms with E-state index < -0.39 is 0 Å². The molecule has 0 spiro atoms. The number of amides is 1. The Balaban J connectivity index is 0.00000180. The Hall–Kier alpha value is -0.970. The molecule has 0 bridgehead atoms. The summed E-state index contributed by atoms with van der Waals surface area (Å²) in [5.41, 5.74) is 0.814. The monoisotopic (exact) mass is 304 g/mol. The topological polar surface area (TPSA) is 50.4 Å². The maximum Gasteiger partial charge on any atom is 0.224 e. The molecular weight excluding hydrogens is 287 g/mol. The second-order valence-electron chi connectivity index (χ2n) is 4.46. The van der Waals surface area contributed by atoms with Gasteiger partial charge in [0.05, 0.1) is 13.5 Å². The highest BCUT2D eigenvalue weighted by Gasteiger charge is 2.17. The van der Waals surface area contributed by atoms with Crippen LogP contribution < -0.4 is 15.4 Å². The maximum absolute atomic E-state index is 11.8. The highest BCUT2D eigenvalue weighted by Crippen LogP contribution is 2.22. The predicted molar refractivity (Wildman–Crippen MR) is 78.3 cm³/mol. The first-order chi connectivity index (χ1) is 8.69. The molecule has 0 saturated carbocycles. The number of carbonyl (C=O) groups is 1. The molecule has 1 aliphatic heterocycles. The van der Waals surface area contributed by atoms with E-state index in [1.165, 1.54) is 0 Å². The molecule has 19 heavy (non-hydrogen) atoms. The molecule has 106 valence electrons. The van der Waals surface area contributed by atoms with Crippen molar-refractivity contribution >= 4 is 29.9 Å². The molecule has 2 rings (SSSR count). The minimum absolute atomic E-state index is 0. The molecular formula is C13H18Cl2N2O2. The molecule has 0 radical (unpaired) electrons. The predicted octanol–water partition coefficient (Wildman–Crippen LogP) is 1.65. The molecule has 0 unspecified atom stereocenters. The van der Waals surface area contributed by atoms with Gasteiger partial charge in [0.25, 0.3) is 0 Å². The van der Waals surface area contributed by atoms with Gasteiger partial charge >= 0.3 is 0 Å². The zero-order valence-electron chi connectivity index (χ0n) is 10.7. The second kappa shape index (κ2) is 7.58. The first-order valence-corrected chi connectivity index (χ1v) is 6.36. The van der Waals surface area contributed by atoms with Gasteiger partial charge in [0, 0.05) is 36.1 Å². The average Bonchev–Trinajstić information content (AvgIpc) is 2.27. The zero-order chi connectivity index (χ0) is 13.0. The Morgan fingerprint density at radius 2 is 2.26 bits per heavy atom. The molecule has 4 nitrogen and oxygen atoms in total. The summed E-state index contributed by atoms with van der Waals surface area (Å²) in [5.74, 6) is 1.26. The number of halogens is 2. The van der Waals surface area contributed by atoms with Crippen molar-refractivity contribution in [2.24, 2.45) is 5.92 Å². The summed E-state index contributed by atoms with van der Waals surface area (Å²) in [5, 5.41) is 6.71. The van der Waals surface area contributed by atoms with E-state index in [-0.39, 0.29) is 18.3 Å². The van der Waals surface area contributed by atoms with Crippen LogP contribution in [0.1, 0.15) is 5.56 Å². The maximum atomic E-state index is 11.8. The lowest BCUT2D eigenvalue weighted by atomic mass is 10.0. The van der Waals surface area contributed by atoms with Crippen LogP contribution in [-0.4, -0.2) is 32.7 Å². The number of rotatable bonds is 5. The van der Waals surface area contributed by atoms with Crippen LogP contribution >= 0.6 is 24.0 Å². The van der Waals surface area contributed by atoms with Crippen molar-refractivity contribution in [2.75, 3.05) is 26.7 Å². The number of hydrogen-bond acceptors (Lipinski definition) is 3. The van der Waals surface area contributed by atoms with Crippen molar-refractivity contribution in [2.45, 2.75) is 6.42 Å². The van der Waals surface area contributed by atoms with Crippen molar-refractivity contribution < 1.29 is 9.53 Å². The van der Waals surface area contributed by atoms with Gasteiger partial charge < -0.3 is 15.4 Å². The molecule has 2 N–H and O–H groups in total. The third-order valence-corrected chi connectivity index (χ3v) is 3.28. The van der Waals surface area contributed by atoms with Gasteiger partial charge in [-0.1, -0.05) is 11.6 Å². The van der Waals surface area contributed by atoms with E-state index in [1.807, 2.05) is 0 Å². The van der Waals surface area contributed by atoms with Crippen molar-refractivity contribution in [1.82, 2.24) is 10.6 Å². The second-order valence-corrected chi connectivity index (χ2v) is 4.90.